The Balaban J connectivity index is 1.67. The number of aromatic nitrogens is 3. The van der Waals surface area contributed by atoms with E-state index in [9.17, 15) is 4.79 Å². The highest BCUT2D eigenvalue weighted by molar-refractivity contribution is 7.13. The smallest absolute Gasteiger partial charge is 0.275 e. The van der Waals surface area contributed by atoms with Gasteiger partial charge < -0.3 is 10.1 Å². The summed E-state index contributed by atoms with van der Waals surface area (Å²) < 4.78 is 7.41. The molecule has 6 nitrogen and oxygen atoms in total. The zero-order valence-electron chi connectivity index (χ0n) is 15.2. The molecule has 0 aliphatic heterocycles. The Morgan fingerprint density at radius 3 is 2.92 bits per heavy atom. The van der Waals surface area contributed by atoms with E-state index in [1.165, 1.54) is 11.3 Å². The van der Waals surface area contributed by atoms with Gasteiger partial charge in [-0.1, -0.05) is 13.3 Å². The van der Waals surface area contributed by atoms with E-state index in [4.69, 9.17) is 4.74 Å². The number of hydrogen-bond acceptors (Lipinski definition) is 5. The number of aryl methyl sites for hydroxylation is 2. The number of ether oxygens (including phenoxy) is 1. The number of carbonyl (C=O) groups excluding carboxylic acids is 1. The predicted molar refractivity (Wildman–Crippen MR) is 104 cm³/mol. The summed E-state index contributed by atoms with van der Waals surface area (Å²) in [6, 6.07) is 5.68. The van der Waals surface area contributed by atoms with Crippen LogP contribution in [-0.4, -0.2) is 27.3 Å². The molecule has 3 rings (SSSR count). The van der Waals surface area contributed by atoms with E-state index >= 15 is 0 Å². The second-order valence-corrected chi connectivity index (χ2v) is 6.93. The molecule has 7 heteroatoms. The average Bonchev–Trinajstić information content (AvgIpc) is 3.26. The second kappa shape index (κ2) is 8.14. The summed E-state index contributed by atoms with van der Waals surface area (Å²) in [5.74, 6) is 0.598. The number of amides is 1. The van der Waals surface area contributed by atoms with E-state index < -0.39 is 0 Å². The van der Waals surface area contributed by atoms with Gasteiger partial charge >= 0.3 is 0 Å². The summed E-state index contributed by atoms with van der Waals surface area (Å²) in [7, 11) is 1.85. The molecule has 1 aromatic carbocycles. The van der Waals surface area contributed by atoms with Crippen molar-refractivity contribution in [1.82, 2.24) is 14.8 Å². The molecule has 1 amide bonds. The van der Waals surface area contributed by atoms with Crippen molar-refractivity contribution in [2.45, 2.75) is 26.7 Å². The third-order valence-corrected chi connectivity index (χ3v) is 4.79. The van der Waals surface area contributed by atoms with Crippen LogP contribution in [-0.2, 0) is 7.05 Å². The fraction of sp³-hybridized carbons (Fsp3) is 0.316. The number of thiazole rings is 1. The number of rotatable bonds is 7. The van der Waals surface area contributed by atoms with Crippen molar-refractivity contribution >= 4 is 22.9 Å². The van der Waals surface area contributed by atoms with Crippen LogP contribution in [0.15, 0.2) is 36.0 Å². The minimum Gasteiger partial charge on any atom is -0.494 e. The lowest BCUT2D eigenvalue weighted by atomic mass is 10.2. The minimum absolute atomic E-state index is 0.223. The summed E-state index contributed by atoms with van der Waals surface area (Å²) >= 11 is 1.43. The summed E-state index contributed by atoms with van der Waals surface area (Å²) in [6.07, 6.45) is 5.74. The average molecular weight is 370 g/mol. The van der Waals surface area contributed by atoms with E-state index in [1.54, 1.807) is 16.3 Å². The molecule has 0 saturated carbocycles. The molecule has 0 unspecified atom stereocenters. The standard InChI is InChI=1S/C19H22N4O2S/c1-4-5-8-25-15-6-7-16(13(2)9-15)21-18(24)17-12-26-19(22-17)14-10-20-23(3)11-14/h6-7,9-12H,4-5,8H2,1-3H3,(H,21,24). The highest BCUT2D eigenvalue weighted by Gasteiger charge is 2.14. The third-order valence-electron chi connectivity index (χ3n) is 3.90. The van der Waals surface area contributed by atoms with Crippen LogP contribution in [0, 0.1) is 6.92 Å². The maximum absolute atomic E-state index is 12.5. The second-order valence-electron chi connectivity index (χ2n) is 6.07. The molecule has 0 atom stereocenters. The lowest BCUT2D eigenvalue weighted by Crippen LogP contribution is -2.13. The van der Waals surface area contributed by atoms with Crippen molar-refractivity contribution in [3.63, 3.8) is 0 Å². The van der Waals surface area contributed by atoms with Crippen molar-refractivity contribution in [2.24, 2.45) is 7.05 Å². The van der Waals surface area contributed by atoms with Crippen LogP contribution < -0.4 is 10.1 Å². The van der Waals surface area contributed by atoms with Crippen LogP contribution >= 0.6 is 11.3 Å². The Bertz CT molecular complexity index is 901. The molecule has 2 aromatic heterocycles. The van der Waals surface area contributed by atoms with Crippen LogP contribution in [0.1, 0.15) is 35.8 Å². The Kier molecular flexibility index (Phi) is 5.68. The molecular weight excluding hydrogens is 348 g/mol. The van der Waals surface area contributed by atoms with Gasteiger partial charge in [0.25, 0.3) is 5.91 Å². The molecule has 136 valence electrons. The van der Waals surface area contributed by atoms with Crippen LogP contribution in [0.4, 0.5) is 5.69 Å². The van der Waals surface area contributed by atoms with Gasteiger partial charge in [0.15, 0.2) is 0 Å². The van der Waals surface area contributed by atoms with Crippen molar-refractivity contribution < 1.29 is 9.53 Å². The molecule has 26 heavy (non-hydrogen) atoms. The highest BCUT2D eigenvalue weighted by Crippen LogP contribution is 2.25. The largest absolute Gasteiger partial charge is 0.494 e. The minimum atomic E-state index is -0.223. The molecule has 0 bridgehead atoms. The lowest BCUT2D eigenvalue weighted by Gasteiger charge is -2.10. The maximum atomic E-state index is 12.5. The zero-order valence-corrected chi connectivity index (χ0v) is 16.0. The predicted octanol–water partition coefficient (Wildman–Crippen LogP) is 4.28. The first-order valence-electron chi connectivity index (χ1n) is 8.56. The molecule has 0 saturated heterocycles. The molecular formula is C19H22N4O2S. The van der Waals surface area contributed by atoms with E-state index in [-0.39, 0.29) is 5.91 Å². The monoisotopic (exact) mass is 370 g/mol. The van der Waals surface area contributed by atoms with Crippen LogP contribution in [0.5, 0.6) is 5.75 Å². The SMILES string of the molecule is CCCCOc1ccc(NC(=O)c2csc(-c3cnn(C)c3)n2)c(C)c1. The van der Waals surface area contributed by atoms with Gasteiger partial charge in [0.1, 0.15) is 16.5 Å². The van der Waals surface area contributed by atoms with Crippen LogP contribution in [0.2, 0.25) is 0 Å². The van der Waals surface area contributed by atoms with E-state index in [1.807, 2.05) is 38.4 Å². The summed E-state index contributed by atoms with van der Waals surface area (Å²) in [6.45, 7) is 4.79. The highest BCUT2D eigenvalue weighted by atomic mass is 32.1. The topological polar surface area (TPSA) is 69.0 Å². The molecule has 0 spiro atoms. The Morgan fingerprint density at radius 1 is 1.38 bits per heavy atom. The summed E-state index contributed by atoms with van der Waals surface area (Å²) in [4.78, 5) is 16.9. The fourth-order valence-corrected chi connectivity index (χ4v) is 3.20. The van der Waals surface area contributed by atoms with Crippen molar-refractivity contribution in [3.05, 3.63) is 47.2 Å². The molecule has 0 aliphatic carbocycles. The van der Waals surface area contributed by atoms with Crippen LogP contribution in [0.25, 0.3) is 10.6 Å². The Labute approximate surface area is 156 Å². The fourth-order valence-electron chi connectivity index (χ4n) is 2.43. The first kappa shape index (κ1) is 18.1. The van der Waals surface area contributed by atoms with E-state index in [0.717, 1.165) is 40.4 Å². The number of benzene rings is 1. The van der Waals surface area contributed by atoms with Gasteiger partial charge in [-0.2, -0.15) is 5.10 Å². The number of anilines is 1. The molecule has 0 radical (unpaired) electrons. The van der Waals surface area contributed by atoms with Gasteiger partial charge in [-0.15, -0.1) is 11.3 Å². The van der Waals surface area contributed by atoms with Crippen molar-refractivity contribution in [1.29, 1.82) is 0 Å². The first-order chi connectivity index (χ1) is 12.6. The number of hydrogen-bond donors (Lipinski definition) is 1. The van der Waals surface area contributed by atoms with Crippen molar-refractivity contribution in [2.75, 3.05) is 11.9 Å². The first-order valence-corrected chi connectivity index (χ1v) is 9.44. The van der Waals surface area contributed by atoms with Gasteiger partial charge in [0, 0.05) is 29.9 Å². The Morgan fingerprint density at radius 2 is 2.23 bits per heavy atom. The lowest BCUT2D eigenvalue weighted by molar-refractivity contribution is 0.102. The van der Waals surface area contributed by atoms with E-state index in [2.05, 4.69) is 22.3 Å². The molecule has 2 heterocycles. The van der Waals surface area contributed by atoms with Gasteiger partial charge in [-0.25, -0.2) is 4.98 Å². The number of nitrogens with zero attached hydrogens (tertiary/aromatic N) is 3. The third kappa shape index (κ3) is 4.29. The molecule has 3 aromatic rings. The summed E-state index contributed by atoms with van der Waals surface area (Å²) in [5, 5.41) is 9.59. The normalized spacial score (nSPS) is 10.7. The van der Waals surface area contributed by atoms with Crippen LogP contribution in [0.3, 0.4) is 0 Å². The molecule has 0 fully saturated rings. The summed E-state index contributed by atoms with van der Waals surface area (Å²) in [5.41, 5.74) is 3.02. The number of unbranched alkanes of at least 4 members (excludes halogenated alkanes) is 1. The van der Waals surface area contributed by atoms with Gasteiger partial charge in [0.05, 0.1) is 12.8 Å². The quantitative estimate of drug-likeness (QED) is 0.630. The van der Waals surface area contributed by atoms with Crippen molar-refractivity contribution in [3.8, 4) is 16.3 Å². The Hall–Kier alpha value is -2.67. The number of carbonyl (C=O) groups is 1. The van der Waals surface area contributed by atoms with E-state index in [0.29, 0.717) is 12.3 Å². The molecule has 0 aliphatic rings. The van der Waals surface area contributed by atoms with Gasteiger partial charge in [-0.3, -0.25) is 9.48 Å². The molecule has 1 N–H and O–H groups in total. The number of nitrogens with one attached hydrogen (secondary N) is 1. The van der Waals surface area contributed by atoms with Gasteiger partial charge in [0.2, 0.25) is 0 Å². The zero-order chi connectivity index (χ0) is 18.5. The maximum Gasteiger partial charge on any atom is 0.275 e. The van der Waals surface area contributed by atoms with Gasteiger partial charge in [-0.05, 0) is 37.1 Å².